The van der Waals surface area contributed by atoms with Gasteiger partial charge in [0.05, 0.1) is 28.7 Å². The van der Waals surface area contributed by atoms with E-state index in [1.807, 2.05) is 0 Å². The number of aliphatic carboxylic acids is 1. The largest absolute Gasteiger partial charge is 0.478 e. The van der Waals surface area contributed by atoms with Gasteiger partial charge < -0.3 is 25.6 Å². The van der Waals surface area contributed by atoms with E-state index in [0.717, 1.165) is 17.0 Å². The van der Waals surface area contributed by atoms with Crippen molar-refractivity contribution < 1.29 is 37.7 Å². The summed E-state index contributed by atoms with van der Waals surface area (Å²) < 4.78 is 46.5. The monoisotopic (exact) mass is 582 g/mol. The number of hydrogen-bond donors (Lipinski definition) is 3. The van der Waals surface area contributed by atoms with Gasteiger partial charge in [0.25, 0.3) is 0 Å². The Morgan fingerprint density at radius 2 is 1.76 bits per heavy atom. The van der Waals surface area contributed by atoms with Crippen LogP contribution in [0.2, 0.25) is 0 Å². The van der Waals surface area contributed by atoms with Gasteiger partial charge in [0.1, 0.15) is 11.9 Å². The van der Waals surface area contributed by atoms with Crippen molar-refractivity contribution in [3.8, 4) is 0 Å². The fourth-order valence-electron chi connectivity index (χ4n) is 4.34. The van der Waals surface area contributed by atoms with Crippen LogP contribution >= 0.6 is 15.9 Å². The van der Waals surface area contributed by atoms with Crippen molar-refractivity contribution in [1.82, 2.24) is 0 Å². The van der Waals surface area contributed by atoms with Gasteiger partial charge in [0.2, 0.25) is 0 Å². The Kier molecular flexibility index (Phi) is 8.38. The molecule has 0 saturated carbocycles. The minimum atomic E-state index is -4.66. The number of nitrogens with two attached hydrogens (primary N) is 1. The molecule has 4 N–H and O–H groups in total. The Hall–Kier alpha value is -3.31. The third-order valence-corrected chi connectivity index (χ3v) is 6.41. The van der Waals surface area contributed by atoms with Crippen LogP contribution in [0.3, 0.4) is 0 Å². The van der Waals surface area contributed by atoms with Crippen LogP contribution < -0.4 is 10.6 Å². The summed E-state index contributed by atoms with van der Waals surface area (Å²) in [5, 5.41) is 19.9. The molecule has 1 heterocycles. The summed E-state index contributed by atoms with van der Waals surface area (Å²) in [5.74, 6) is -3.75. The molecule has 198 valence electrons. The number of alkyl halides is 3. The molecule has 0 fully saturated rings. The van der Waals surface area contributed by atoms with Gasteiger partial charge in [-0.05, 0) is 56.7 Å². The SMILES string of the molecule is CC1=C(C(=O)O)C(c2ccc(Br)cc2)C(C(=O)OC(C)CC(C)O)=C(N)N1c1cccc(C(F)(F)F)c1. The minimum Gasteiger partial charge on any atom is -0.478 e. The molecule has 3 atom stereocenters. The first-order valence-electron chi connectivity index (χ1n) is 11.3. The highest BCUT2D eigenvalue weighted by Crippen LogP contribution is 2.44. The molecular weight excluding hydrogens is 557 g/mol. The Labute approximate surface area is 220 Å². The van der Waals surface area contributed by atoms with Crippen LogP contribution in [0.5, 0.6) is 0 Å². The lowest BCUT2D eigenvalue weighted by Gasteiger charge is -2.37. The molecule has 0 aliphatic carbocycles. The van der Waals surface area contributed by atoms with Crippen molar-refractivity contribution in [3.63, 3.8) is 0 Å². The number of aliphatic hydroxyl groups excluding tert-OH is 1. The predicted octanol–water partition coefficient (Wildman–Crippen LogP) is 5.30. The minimum absolute atomic E-state index is 0.0471. The molecule has 0 amide bonds. The van der Waals surface area contributed by atoms with Gasteiger partial charge in [0.15, 0.2) is 0 Å². The summed E-state index contributed by atoms with van der Waals surface area (Å²) in [4.78, 5) is 27.1. The molecule has 0 aromatic heterocycles. The molecule has 2 aromatic rings. The van der Waals surface area contributed by atoms with Crippen LogP contribution in [0.1, 0.15) is 44.2 Å². The Morgan fingerprint density at radius 3 is 2.30 bits per heavy atom. The average molecular weight is 583 g/mol. The van der Waals surface area contributed by atoms with E-state index in [4.69, 9.17) is 10.5 Å². The topological polar surface area (TPSA) is 113 Å². The van der Waals surface area contributed by atoms with E-state index in [9.17, 15) is 33.0 Å². The summed E-state index contributed by atoms with van der Waals surface area (Å²) in [6.45, 7) is 4.50. The normalized spacial score (nSPS) is 18.1. The molecule has 0 saturated heterocycles. The Balaban J connectivity index is 2.26. The number of benzene rings is 2. The highest BCUT2D eigenvalue weighted by Gasteiger charge is 2.42. The van der Waals surface area contributed by atoms with E-state index in [2.05, 4.69) is 15.9 Å². The van der Waals surface area contributed by atoms with E-state index in [1.165, 1.54) is 26.0 Å². The number of halogens is 4. The van der Waals surface area contributed by atoms with Crippen molar-refractivity contribution in [3.05, 3.63) is 86.8 Å². The average Bonchev–Trinajstić information content (AvgIpc) is 2.78. The van der Waals surface area contributed by atoms with Gasteiger partial charge >= 0.3 is 18.1 Å². The summed E-state index contributed by atoms with van der Waals surface area (Å²) in [6, 6.07) is 10.8. The maximum atomic E-state index is 13.5. The van der Waals surface area contributed by atoms with E-state index >= 15 is 0 Å². The summed E-state index contributed by atoms with van der Waals surface area (Å²) in [6.07, 6.45) is -6.07. The quantitative estimate of drug-likeness (QED) is 0.379. The van der Waals surface area contributed by atoms with E-state index in [1.54, 1.807) is 31.2 Å². The number of esters is 1. The number of carboxylic acids is 1. The second-order valence-electron chi connectivity index (χ2n) is 8.77. The second-order valence-corrected chi connectivity index (χ2v) is 9.69. The fraction of sp³-hybridized carbons (Fsp3) is 0.308. The molecule has 7 nitrogen and oxygen atoms in total. The molecule has 37 heavy (non-hydrogen) atoms. The third-order valence-electron chi connectivity index (χ3n) is 5.89. The Bertz CT molecular complexity index is 1260. The van der Waals surface area contributed by atoms with Crippen molar-refractivity contribution in [1.29, 1.82) is 0 Å². The van der Waals surface area contributed by atoms with E-state index < -0.39 is 41.8 Å². The molecule has 3 unspecified atom stereocenters. The lowest BCUT2D eigenvalue weighted by Crippen LogP contribution is -2.39. The Morgan fingerprint density at radius 1 is 1.14 bits per heavy atom. The zero-order chi connectivity index (χ0) is 27.7. The summed E-state index contributed by atoms with van der Waals surface area (Å²) in [5.41, 5.74) is 5.39. The molecule has 0 spiro atoms. The van der Waals surface area contributed by atoms with Gasteiger partial charge in [-0.1, -0.05) is 34.1 Å². The van der Waals surface area contributed by atoms with Crippen LogP contribution in [0.15, 0.2) is 75.7 Å². The van der Waals surface area contributed by atoms with Crippen LogP contribution in [-0.4, -0.2) is 34.4 Å². The van der Waals surface area contributed by atoms with Gasteiger partial charge in [-0.25, -0.2) is 9.59 Å². The van der Waals surface area contributed by atoms with Crippen molar-refractivity contribution in [2.75, 3.05) is 4.90 Å². The van der Waals surface area contributed by atoms with Crippen LogP contribution in [-0.2, 0) is 20.5 Å². The molecular formula is C26H26BrF3N2O5. The molecule has 0 bridgehead atoms. The number of nitrogens with zero attached hydrogens (tertiary/aromatic N) is 1. The number of rotatable bonds is 7. The van der Waals surface area contributed by atoms with E-state index in [0.29, 0.717) is 10.0 Å². The van der Waals surface area contributed by atoms with Gasteiger partial charge in [-0.2, -0.15) is 13.2 Å². The number of ether oxygens (including phenoxy) is 1. The zero-order valence-electron chi connectivity index (χ0n) is 20.2. The number of carbonyl (C=O) groups is 2. The van der Waals surface area contributed by atoms with Gasteiger partial charge in [-0.15, -0.1) is 0 Å². The maximum Gasteiger partial charge on any atom is 0.416 e. The summed E-state index contributed by atoms with van der Waals surface area (Å²) in [7, 11) is 0. The van der Waals surface area contributed by atoms with Crippen LogP contribution in [0.4, 0.5) is 18.9 Å². The van der Waals surface area contributed by atoms with Gasteiger partial charge in [-0.3, -0.25) is 0 Å². The first-order valence-corrected chi connectivity index (χ1v) is 12.1. The van der Waals surface area contributed by atoms with Crippen molar-refractivity contribution >= 4 is 33.6 Å². The highest BCUT2D eigenvalue weighted by atomic mass is 79.9. The first-order chi connectivity index (χ1) is 17.2. The fourth-order valence-corrected chi connectivity index (χ4v) is 4.60. The smallest absolute Gasteiger partial charge is 0.416 e. The lowest BCUT2D eigenvalue weighted by atomic mass is 9.80. The predicted molar refractivity (Wildman–Crippen MR) is 134 cm³/mol. The highest BCUT2D eigenvalue weighted by molar-refractivity contribution is 9.10. The molecule has 1 aliphatic rings. The molecule has 1 aliphatic heterocycles. The van der Waals surface area contributed by atoms with Crippen molar-refractivity contribution in [2.45, 2.75) is 51.5 Å². The zero-order valence-corrected chi connectivity index (χ0v) is 21.8. The molecule has 3 rings (SSSR count). The van der Waals surface area contributed by atoms with Crippen LogP contribution in [0.25, 0.3) is 0 Å². The number of carbonyl (C=O) groups excluding carboxylic acids is 1. The number of aliphatic hydroxyl groups is 1. The lowest BCUT2D eigenvalue weighted by molar-refractivity contribution is -0.145. The molecule has 0 radical (unpaired) electrons. The number of hydrogen-bond acceptors (Lipinski definition) is 6. The standard InChI is InChI=1S/C26H26BrF3N2O5/c1-13(33)11-14(2)37-25(36)22-21(16-7-9-18(27)10-8-16)20(24(34)35)15(3)32(23(22)31)19-6-4-5-17(12-19)26(28,29)30/h4-10,12-14,21,33H,11,31H2,1-3H3,(H,34,35). The number of carboxylic acid groups (broad SMARTS) is 1. The van der Waals surface area contributed by atoms with Crippen LogP contribution in [0, 0.1) is 0 Å². The molecule has 11 heteroatoms. The second kappa shape index (κ2) is 11.0. The number of allylic oxidation sites excluding steroid dienone is 1. The van der Waals surface area contributed by atoms with E-state index in [-0.39, 0.29) is 34.8 Å². The van der Waals surface area contributed by atoms with Gasteiger partial charge in [0, 0.05) is 22.3 Å². The third kappa shape index (κ3) is 6.16. The number of anilines is 1. The van der Waals surface area contributed by atoms with Crippen molar-refractivity contribution in [2.24, 2.45) is 5.73 Å². The maximum absolute atomic E-state index is 13.5. The molecule has 2 aromatic carbocycles. The summed E-state index contributed by atoms with van der Waals surface area (Å²) >= 11 is 3.32. The first kappa shape index (κ1) is 28.3.